The van der Waals surface area contributed by atoms with Crippen molar-refractivity contribution >= 4 is 0 Å². The molecule has 16 heavy (non-hydrogen) atoms. The molecular weight excluding hydrogens is 196 g/mol. The molecule has 1 N–H and O–H groups in total. The van der Waals surface area contributed by atoms with Crippen molar-refractivity contribution in [1.82, 2.24) is 10.2 Å². The van der Waals surface area contributed by atoms with Crippen LogP contribution in [0.4, 0.5) is 0 Å². The minimum atomic E-state index is 0.752. The van der Waals surface area contributed by atoms with Crippen molar-refractivity contribution in [3.8, 4) is 0 Å². The van der Waals surface area contributed by atoms with Crippen molar-refractivity contribution in [3.05, 3.63) is 0 Å². The molecule has 2 heteroatoms. The fourth-order valence-electron chi connectivity index (χ4n) is 2.75. The summed E-state index contributed by atoms with van der Waals surface area (Å²) in [6.07, 6.45) is 9.84. The van der Waals surface area contributed by atoms with Crippen LogP contribution in [0.5, 0.6) is 0 Å². The van der Waals surface area contributed by atoms with E-state index in [1.165, 1.54) is 51.5 Å². The predicted molar refractivity (Wildman–Crippen MR) is 71.9 cm³/mol. The van der Waals surface area contributed by atoms with Crippen molar-refractivity contribution in [3.63, 3.8) is 0 Å². The molecule has 0 heterocycles. The van der Waals surface area contributed by atoms with E-state index in [4.69, 9.17) is 0 Å². The molecule has 96 valence electrons. The summed E-state index contributed by atoms with van der Waals surface area (Å²) in [7, 11) is 2.33. The van der Waals surface area contributed by atoms with Crippen LogP contribution in [0.3, 0.4) is 0 Å². The largest absolute Gasteiger partial charge is 0.317 e. The van der Waals surface area contributed by atoms with E-state index in [0.29, 0.717) is 0 Å². The van der Waals surface area contributed by atoms with E-state index < -0.39 is 0 Å². The molecule has 0 aliphatic heterocycles. The molecule has 0 radical (unpaired) electrons. The summed E-state index contributed by atoms with van der Waals surface area (Å²) in [5, 5.41) is 3.40. The first kappa shape index (κ1) is 14.0. The third-order valence-electron chi connectivity index (χ3n) is 4.07. The summed E-state index contributed by atoms with van der Waals surface area (Å²) in [5.41, 5.74) is 0. The highest BCUT2D eigenvalue weighted by Gasteiger charge is 2.21. The van der Waals surface area contributed by atoms with Crippen LogP contribution in [-0.2, 0) is 0 Å². The van der Waals surface area contributed by atoms with Gasteiger partial charge in [-0.2, -0.15) is 0 Å². The Kier molecular flexibility index (Phi) is 7.06. The molecule has 0 amide bonds. The van der Waals surface area contributed by atoms with Gasteiger partial charge in [0.15, 0.2) is 0 Å². The van der Waals surface area contributed by atoms with Crippen molar-refractivity contribution in [2.45, 2.75) is 70.9 Å². The molecule has 1 fully saturated rings. The average molecular weight is 226 g/mol. The molecule has 1 aliphatic rings. The standard InChI is InChI=1S/C14H30N2/c1-4-15-12-8-9-13(2)16(3)14-10-6-5-7-11-14/h13-15H,4-12H2,1-3H3. The minimum absolute atomic E-state index is 0.752. The minimum Gasteiger partial charge on any atom is -0.317 e. The van der Waals surface area contributed by atoms with Crippen molar-refractivity contribution < 1.29 is 0 Å². The van der Waals surface area contributed by atoms with Crippen molar-refractivity contribution in [2.24, 2.45) is 0 Å². The van der Waals surface area contributed by atoms with Gasteiger partial charge in [0.25, 0.3) is 0 Å². The predicted octanol–water partition coefficient (Wildman–Crippen LogP) is 3.03. The molecule has 1 saturated carbocycles. The van der Waals surface area contributed by atoms with Gasteiger partial charge in [-0.05, 0) is 52.7 Å². The molecule has 0 spiro atoms. The van der Waals surface area contributed by atoms with Crippen LogP contribution in [-0.4, -0.2) is 37.1 Å². The van der Waals surface area contributed by atoms with Gasteiger partial charge >= 0.3 is 0 Å². The maximum atomic E-state index is 3.40. The number of hydrogen-bond donors (Lipinski definition) is 1. The highest BCUT2D eigenvalue weighted by atomic mass is 15.2. The van der Waals surface area contributed by atoms with E-state index >= 15 is 0 Å². The monoisotopic (exact) mass is 226 g/mol. The lowest BCUT2D eigenvalue weighted by molar-refractivity contribution is 0.139. The SMILES string of the molecule is CCNCCCC(C)N(C)C1CCCCC1. The molecule has 1 atom stereocenters. The molecule has 0 bridgehead atoms. The summed E-state index contributed by atoms with van der Waals surface area (Å²) >= 11 is 0. The van der Waals surface area contributed by atoms with Crippen LogP contribution in [0.2, 0.25) is 0 Å². The Balaban J connectivity index is 2.15. The fourth-order valence-corrected chi connectivity index (χ4v) is 2.75. The molecular formula is C14H30N2. The molecule has 0 aromatic heterocycles. The highest BCUT2D eigenvalue weighted by Crippen LogP contribution is 2.23. The second-order valence-corrected chi connectivity index (χ2v) is 5.30. The third kappa shape index (κ3) is 4.84. The molecule has 1 unspecified atom stereocenters. The van der Waals surface area contributed by atoms with E-state index in [-0.39, 0.29) is 0 Å². The molecule has 1 rings (SSSR count). The van der Waals surface area contributed by atoms with Gasteiger partial charge in [-0.25, -0.2) is 0 Å². The Hall–Kier alpha value is -0.0800. The van der Waals surface area contributed by atoms with Gasteiger partial charge in [0.1, 0.15) is 0 Å². The zero-order valence-electron chi connectivity index (χ0n) is 11.5. The lowest BCUT2D eigenvalue weighted by Crippen LogP contribution is -2.40. The molecule has 0 saturated heterocycles. The zero-order valence-corrected chi connectivity index (χ0v) is 11.5. The second kappa shape index (κ2) is 8.08. The summed E-state index contributed by atoms with van der Waals surface area (Å²) in [6.45, 7) is 6.85. The maximum Gasteiger partial charge on any atom is 0.00950 e. The van der Waals surface area contributed by atoms with E-state index in [1.54, 1.807) is 0 Å². The number of rotatable bonds is 7. The van der Waals surface area contributed by atoms with Crippen LogP contribution < -0.4 is 5.32 Å². The number of nitrogens with one attached hydrogen (secondary N) is 1. The van der Waals surface area contributed by atoms with Crippen LogP contribution >= 0.6 is 0 Å². The van der Waals surface area contributed by atoms with Gasteiger partial charge < -0.3 is 10.2 Å². The third-order valence-corrected chi connectivity index (χ3v) is 4.07. The van der Waals surface area contributed by atoms with Gasteiger partial charge in [0, 0.05) is 12.1 Å². The first-order chi connectivity index (χ1) is 7.75. The van der Waals surface area contributed by atoms with Crippen molar-refractivity contribution in [2.75, 3.05) is 20.1 Å². The Morgan fingerprint density at radius 3 is 2.56 bits per heavy atom. The molecule has 0 aromatic carbocycles. The molecule has 2 nitrogen and oxygen atoms in total. The van der Waals surface area contributed by atoms with Gasteiger partial charge in [-0.15, -0.1) is 0 Å². The van der Waals surface area contributed by atoms with Gasteiger partial charge in [0.2, 0.25) is 0 Å². The Morgan fingerprint density at radius 1 is 1.25 bits per heavy atom. The summed E-state index contributed by atoms with van der Waals surface area (Å²) < 4.78 is 0. The van der Waals surface area contributed by atoms with E-state index in [9.17, 15) is 0 Å². The quantitative estimate of drug-likeness (QED) is 0.671. The van der Waals surface area contributed by atoms with Crippen LogP contribution in [0.1, 0.15) is 58.8 Å². The van der Waals surface area contributed by atoms with Crippen LogP contribution in [0.15, 0.2) is 0 Å². The maximum absolute atomic E-state index is 3.40. The fraction of sp³-hybridized carbons (Fsp3) is 1.00. The Labute approximate surface area is 102 Å². The lowest BCUT2D eigenvalue weighted by atomic mass is 9.93. The summed E-state index contributed by atoms with van der Waals surface area (Å²) in [6, 6.07) is 1.62. The number of nitrogens with zero attached hydrogens (tertiary/aromatic N) is 1. The average Bonchev–Trinajstić information content (AvgIpc) is 2.34. The zero-order chi connectivity index (χ0) is 11.8. The molecule has 0 aromatic rings. The number of hydrogen-bond acceptors (Lipinski definition) is 2. The van der Waals surface area contributed by atoms with E-state index in [0.717, 1.165) is 18.6 Å². The van der Waals surface area contributed by atoms with Gasteiger partial charge in [-0.3, -0.25) is 0 Å². The van der Waals surface area contributed by atoms with E-state index in [1.807, 2.05) is 0 Å². The Bertz CT molecular complexity index is 164. The summed E-state index contributed by atoms with van der Waals surface area (Å²) in [5.74, 6) is 0. The van der Waals surface area contributed by atoms with Crippen LogP contribution in [0.25, 0.3) is 0 Å². The molecule has 1 aliphatic carbocycles. The van der Waals surface area contributed by atoms with E-state index in [2.05, 4.69) is 31.1 Å². The highest BCUT2D eigenvalue weighted by molar-refractivity contribution is 4.77. The summed E-state index contributed by atoms with van der Waals surface area (Å²) in [4.78, 5) is 2.63. The smallest absolute Gasteiger partial charge is 0.00950 e. The van der Waals surface area contributed by atoms with Crippen LogP contribution in [0, 0.1) is 0 Å². The Morgan fingerprint density at radius 2 is 1.94 bits per heavy atom. The normalized spacial score (nSPS) is 20.2. The van der Waals surface area contributed by atoms with Crippen molar-refractivity contribution in [1.29, 1.82) is 0 Å². The second-order valence-electron chi connectivity index (χ2n) is 5.30. The first-order valence-electron chi connectivity index (χ1n) is 7.18. The topological polar surface area (TPSA) is 15.3 Å². The van der Waals surface area contributed by atoms with Gasteiger partial charge in [0.05, 0.1) is 0 Å². The van der Waals surface area contributed by atoms with Gasteiger partial charge in [-0.1, -0.05) is 26.2 Å². The lowest BCUT2D eigenvalue weighted by Gasteiger charge is -2.35. The first-order valence-corrected chi connectivity index (χ1v) is 7.18.